The first kappa shape index (κ1) is 14.6. The first-order chi connectivity index (χ1) is 8.63. The summed E-state index contributed by atoms with van der Waals surface area (Å²) in [5.74, 6) is 0.0199. The summed E-state index contributed by atoms with van der Waals surface area (Å²) in [7, 11) is 0. The van der Waals surface area contributed by atoms with Gasteiger partial charge in [0.15, 0.2) is 0 Å². The van der Waals surface area contributed by atoms with Gasteiger partial charge in [0.25, 0.3) is 0 Å². The van der Waals surface area contributed by atoms with Crippen molar-refractivity contribution in [2.45, 2.75) is 24.8 Å². The molecule has 0 aliphatic rings. The number of amides is 2. The van der Waals surface area contributed by atoms with Crippen LogP contribution in [-0.4, -0.2) is 30.2 Å². The molecule has 0 saturated heterocycles. The van der Waals surface area contributed by atoms with E-state index in [0.29, 0.717) is 12.3 Å². The minimum atomic E-state index is -0.492. The number of nitrogens with one attached hydrogen (secondary N) is 2. The summed E-state index contributed by atoms with van der Waals surface area (Å²) >= 11 is 1.45. The molecule has 18 heavy (non-hydrogen) atoms. The molecule has 0 unspecified atom stereocenters. The topological polar surface area (TPSA) is 58.2 Å². The molecule has 0 bridgehead atoms. The molecule has 98 valence electrons. The Morgan fingerprint density at radius 1 is 1.28 bits per heavy atom. The van der Waals surface area contributed by atoms with Crippen molar-refractivity contribution in [2.24, 2.45) is 0 Å². The summed E-state index contributed by atoms with van der Waals surface area (Å²) in [6, 6.07) is 9.20. The molecule has 1 aromatic carbocycles. The second kappa shape index (κ2) is 7.76. The highest BCUT2D eigenvalue weighted by molar-refractivity contribution is 8.00. The van der Waals surface area contributed by atoms with Gasteiger partial charge in [-0.05, 0) is 26.0 Å². The Morgan fingerprint density at radius 3 is 2.56 bits per heavy atom. The van der Waals surface area contributed by atoms with Gasteiger partial charge < -0.3 is 10.6 Å². The number of carbonyl (C=O) groups excluding carboxylic acids is 2. The van der Waals surface area contributed by atoms with E-state index in [1.807, 2.05) is 37.3 Å². The van der Waals surface area contributed by atoms with Crippen molar-refractivity contribution >= 4 is 23.6 Å². The van der Waals surface area contributed by atoms with Gasteiger partial charge in [-0.25, -0.2) is 0 Å². The Bertz CT molecular complexity index is 395. The van der Waals surface area contributed by atoms with E-state index >= 15 is 0 Å². The molecule has 4 nitrogen and oxygen atoms in total. The van der Waals surface area contributed by atoms with Crippen LogP contribution in [0.4, 0.5) is 0 Å². The van der Waals surface area contributed by atoms with Gasteiger partial charge in [0, 0.05) is 11.4 Å². The van der Waals surface area contributed by atoms with E-state index in [2.05, 4.69) is 10.6 Å². The Kier molecular flexibility index (Phi) is 6.28. The Labute approximate surface area is 112 Å². The highest BCUT2D eigenvalue weighted by Crippen LogP contribution is 2.16. The Morgan fingerprint density at radius 2 is 1.94 bits per heavy atom. The molecule has 0 radical (unpaired) electrons. The zero-order chi connectivity index (χ0) is 13.4. The molecule has 2 N–H and O–H groups in total. The number of hydrogen-bond acceptors (Lipinski definition) is 3. The lowest BCUT2D eigenvalue weighted by Gasteiger charge is -2.13. The van der Waals surface area contributed by atoms with Crippen LogP contribution in [-0.2, 0) is 9.59 Å². The molecule has 0 aromatic heterocycles. The number of rotatable bonds is 6. The van der Waals surface area contributed by atoms with E-state index in [-0.39, 0.29) is 11.8 Å². The Balaban J connectivity index is 2.31. The monoisotopic (exact) mass is 266 g/mol. The zero-order valence-corrected chi connectivity index (χ0v) is 11.4. The molecule has 0 spiro atoms. The van der Waals surface area contributed by atoms with E-state index in [9.17, 15) is 9.59 Å². The predicted molar refractivity (Wildman–Crippen MR) is 73.5 cm³/mol. The quantitative estimate of drug-likeness (QED) is 0.766. The maximum absolute atomic E-state index is 11.6. The summed E-state index contributed by atoms with van der Waals surface area (Å²) in [5, 5.41) is 5.33. The van der Waals surface area contributed by atoms with Crippen molar-refractivity contribution in [3.8, 4) is 0 Å². The lowest BCUT2D eigenvalue weighted by atomic mass is 10.3. The normalized spacial score (nSPS) is 11.7. The van der Waals surface area contributed by atoms with Gasteiger partial charge in [-0.1, -0.05) is 18.2 Å². The van der Waals surface area contributed by atoms with E-state index < -0.39 is 6.04 Å². The number of likely N-dealkylation sites (N-methyl/N-ethyl adjacent to an activating group) is 1. The average molecular weight is 266 g/mol. The van der Waals surface area contributed by atoms with E-state index in [1.165, 1.54) is 11.8 Å². The first-order valence-corrected chi connectivity index (χ1v) is 6.87. The number of hydrogen-bond donors (Lipinski definition) is 2. The second-order valence-corrected chi connectivity index (χ2v) is 4.83. The summed E-state index contributed by atoms with van der Waals surface area (Å²) in [6.45, 7) is 4.09. The maximum Gasteiger partial charge on any atom is 0.242 e. The highest BCUT2D eigenvalue weighted by atomic mass is 32.2. The lowest BCUT2D eigenvalue weighted by molar-refractivity contribution is -0.127. The maximum atomic E-state index is 11.6. The van der Waals surface area contributed by atoms with Crippen LogP contribution in [0.3, 0.4) is 0 Å². The minimum absolute atomic E-state index is 0.136. The molecule has 0 saturated carbocycles. The summed E-state index contributed by atoms with van der Waals surface area (Å²) < 4.78 is 0. The molecule has 2 amide bonds. The van der Waals surface area contributed by atoms with Crippen molar-refractivity contribution < 1.29 is 9.59 Å². The third-order valence-corrected chi connectivity index (χ3v) is 3.25. The van der Waals surface area contributed by atoms with Gasteiger partial charge in [0.05, 0.1) is 5.75 Å². The standard InChI is InChI=1S/C13H18N2O2S/c1-3-14-13(17)10(2)15-12(16)9-18-11-7-5-4-6-8-11/h4-8,10H,3,9H2,1-2H3,(H,14,17)(H,15,16)/t10-/m1/s1. The number of carbonyl (C=O) groups is 2. The zero-order valence-electron chi connectivity index (χ0n) is 10.6. The third kappa shape index (κ3) is 5.23. The van der Waals surface area contributed by atoms with Crippen LogP contribution in [0.25, 0.3) is 0 Å². The summed E-state index contributed by atoms with van der Waals surface area (Å²) in [5.41, 5.74) is 0. The van der Waals surface area contributed by atoms with Crippen LogP contribution in [0.5, 0.6) is 0 Å². The van der Waals surface area contributed by atoms with Crippen LogP contribution in [0, 0.1) is 0 Å². The van der Waals surface area contributed by atoms with Crippen LogP contribution < -0.4 is 10.6 Å². The second-order valence-electron chi connectivity index (χ2n) is 3.79. The molecule has 1 aromatic rings. The minimum Gasteiger partial charge on any atom is -0.355 e. The summed E-state index contributed by atoms with van der Waals surface area (Å²) in [4.78, 5) is 24.1. The SMILES string of the molecule is CCNC(=O)[C@@H](C)NC(=O)CSc1ccccc1. The van der Waals surface area contributed by atoms with Crippen molar-refractivity contribution in [2.75, 3.05) is 12.3 Å². The molecular weight excluding hydrogens is 248 g/mol. The molecule has 1 rings (SSSR count). The van der Waals surface area contributed by atoms with Gasteiger partial charge in [0.1, 0.15) is 6.04 Å². The molecule has 0 fully saturated rings. The van der Waals surface area contributed by atoms with Gasteiger partial charge >= 0.3 is 0 Å². The average Bonchev–Trinajstić information content (AvgIpc) is 2.38. The molecule has 1 atom stereocenters. The number of thioether (sulfide) groups is 1. The smallest absolute Gasteiger partial charge is 0.242 e. The summed E-state index contributed by atoms with van der Waals surface area (Å²) in [6.07, 6.45) is 0. The van der Waals surface area contributed by atoms with Crippen LogP contribution in [0.15, 0.2) is 35.2 Å². The predicted octanol–water partition coefficient (Wildman–Crippen LogP) is 1.42. The fraction of sp³-hybridized carbons (Fsp3) is 0.385. The van der Waals surface area contributed by atoms with Crippen LogP contribution in [0.1, 0.15) is 13.8 Å². The lowest BCUT2D eigenvalue weighted by Crippen LogP contribution is -2.45. The highest BCUT2D eigenvalue weighted by Gasteiger charge is 2.14. The number of benzene rings is 1. The fourth-order valence-electron chi connectivity index (χ4n) is 1.34. The fourth-order valence-corrected chi connectivity index (χ4v) is 2.07. The molecule has 0 aliphatic carbocycles. The molecule has 0 aliphatic heterocycles. The third-order valence-electron chi connectivity index (χ3n) is 2.23. The van der Waals surface area contributed by atoms with Crippen LogP contribution >= 0.6 is 11.8 Å². The van der Waals surface area contributed by atoms with Crippen molar-refractivity contribution in [1.82, 2.24) is 10.6 Å². The van der Waals surface area contributed by atoms with Gasteiger partial charge in [-0.3, -0.25) is 9.59 Å². The van der Waals surface area contributed by atoms with E-state index in [1.54, 1.807) is 6.92 Å². The molecular formula is C13H18N2O2S. The van der Waals surface area contributed by atoms with E-state index in [4.69, 9.17) is 0 Å². The van der Waals surface area contributed by atoms with Crippen molar-refractivity contribution in [3.63, 3.8) is 0 Å². The Hall–Kier alpha value is -1.49. The first-order valence-electron chi connectivity index (χ1n) is 5.88. The van der Waals surface area contributed by atoms with Gasteiger partial charge in [-0.2, -0.15) is 0 Å². The van der Waals surface area contributed by atoms with Crippen LogP contribution in [0.2, 0.25) is 0 Å². The molecule has 0 heterocycles. The van der Waals surface area contributed by atoms with Gasteiger partial charge in [-0.15, -0.1) is 11.8 Å². The van der Waals surface area contributed by atoms with Gasteiger partial charge in [0.2, 0.25) is 11.8 Å². The van der Waals surface area contributed by atoms with Crippen molar-refractivity contribution in [3.05, 3.63) is 30.3 Å². The largest absolute Gasteiger partial charge is 0.355 e. The molecule has 5 heteroatoms. The van der Waals surface area contributed by atoms with Crippen molar-refractivity contribution in [1.29, 1.82) is 0 Å². The van der Waals surface area contributed by atoms with E-state index in [0.717, 1.165) is 4.90 Å².